The molecule has 2 N–H and O–H groups in total. The molecule has 1 aromatic carbocycles. The summed E-state index contributed by atoms with van der Waals surface area (Å²) in [6.45, 7) is -0.137. The smallest absolute Gasteiger partial charge is 0.417 e. The van der Waals surface area contributed by atoms with Crippen molar-refractivity contribution in [1.82, 2.24) is 4.98 Å². The third-order valence-electron chi connectivity index (χ3n) is 2.97. The second-order valence-corrected chi connectivity index (χ2v) is 5.13. The number of aromatic nitrogens is 1. The van der Waals surface area contributed by atoms with E-state index in [2.05, 4.69) is 4.98 Å². The zero-order valence-corrected chi connectivity index (χ0v) is 12.7. The summed E-state index contributed by atoms with van der Waals surface area (Å²) in [5.74, 6) is -1.31. The van der Waals surface area contributed by atoms with Crippen molar-refractivity contribution >= 4 is 17.6 Å². The largest absolute Gasteiger partial charge is 0.504 e. The van der Waals surface area contributed by atoms with Crippen LogP contribution in [0.5, 0.6) is 11.5 Å². The number of phenols is 1. The average molecular weight is 362 g/mol. The van der Waals surface area contributed by atoms with Gasteiger partial charge in [-0.3, -0.25) is 9.78 Å². The molecule has 0 atom stereocenters. The van der Waals surface area contributed by atoms with Gasteiger partial charge in [0.05, 0.1) is 29.3 Å². The molecule has 5 nitrogen and oxygen atoms in total. The van der Waals surface area contributed by atoms with Crippen LogP contribution in [0.3, 0.4) is 0 Å². The molecule has 0 aliphatic carbocycles. The van der Waals surface area contributed by atoms with Crippen LogP contribution >= 0.6 is 11.6 Å². The molecule has 24 heavy (non-hydrogen) atoms. The Balaban J connectivity index is 2.24. The van der Waals surface area contributed by atoms with Crippen LogP contribution in [0, 0.1) is 0 Å². The van der Waals surface area contributed by atoms with Gasteiger partial charge in [0.25, 0.3) is 0 Å². The van der Waals surface area contributed by atoms with Crippen LogP contribution in [0.2, 0.25) is 5.02 Å². The number of carbonyl (C=O) groups is 1. The number of pyridine rings is 1. The normalized spacial score (nSPS) is 11.3. The number of ether oxygens (including phenoxy) is 1. The Morgan fingerprint density at radius 1 is 1.29 bits per heavy atom. The first-order chi connectivity index (χ1) is 11.2. The Morgan fingerprint density at radius 3 is 2.54 bits per heavy atom. The van der Waals surface area contributed by atoms with Gasteiger partial charge in [0, 0.05) is 11.8 Å². The molecule has 0 amide bonds. The summed E-state index contributed by atoms with van der Waals surface area (Å²) < 4.78 is 42.9. The quantitative estimate of drug-likeness (QED) is 0.842. The van der Waals surface area contributed by atoms with Crippen LogP contribution in [0.4, 0.5) is 13.2 Å². The Labute approximate surface area is 139 Å². The van der Waals surface area contributed by atoms with Crippen LogP contribution in [-0.2, 0) is 11.0 Å². The van der Waals surface area contributed by atoms with Crippen molar-refractivity contribution in [3.05, 3.63) is 41.0 Å². The monoisotopic (exact) mass is 361 g/mol. The van der Waals surface area contributed by atoms with Gasteiger partial charge >= 0.3 is 12.1 Å². The molecule has 2 aromatic rings. The van der Waals surface area contributed by atoms with E-state index in [4.69, 9.17) is 21.4 Å². The second kappa shape index (κ2) is 6.96. The van der Waals surface area contributed by atoms with Gasteiger partial charge in [0.2, 0.25) is 0 Å². The van der Waals surface area contributed by atoms with Crippen LogP contribution < -0.4 is 4.74 Å². The van der Waals surface area contributed by atoms with E-state index in [0.29, 0.717) is 6.20 Å². The molecule has 0 spiro atoms. The molecule has 0 radical (unpaired) electrons. The fourth-order valence-electron chi connectivity index (χ4n) is 1.84. The molecule has 2 rings (SSSR count). The number of alkyl halides is 3. The minimum absolute atomic E-state index is 0.0445. The number of aliphatic carboxylic acids is 1. The van der Waals surface area contributed by atoms with Gasteiger partial charge in [-0.15, -0.1) is 0 Å². The third-order valence-corrected chi connectivity index (χ3v) is 3.26. The number of carboxylic acids is 1. The van der Waals surface area contributed by atoms with Gasteiger partial charge < -0.3 is 14.9 Å². The predicted octanol–water partition coefficient (Wildman–Crippen LogP) is 3.98. The standard InChI is InChI=1S/C15H11ClF3NO4/c16-10-6-9(15(17,18)19)7-20-14(10)8-1-2-12(11(21)5-8)24-4-3-13(22)23/h1-2,5-7,21H,3-4H2,(H,22,23). The topological polar surface area (TPSA) is 79.7 Å². The van der Waals surface area contributed by atoms with Crippen molar-refractivity contribution in [2.75, 3.05) is 6.61 Å². The highest BCUT2D eigenvalue weighted by molar-refractivity contribution is 6.33. The maximum Gasteiger partial charge on any atom is 0.417 e. The highest BCUT2D eigenvalue weighted by atomic mass is 35.5. The van der Waals surface area contributed by atoms with E-state index in [1.54, 1.807) is 0 Å². The SMILES string of the molecule is O=C(O)CCOc1ccc(-c2ncc(C(F)(F)F)cc2Cl)cc1O. The third kappa shape index (κ3) is 4.29. The van der Waals surface area contributed by atoms with Gasteiger partial charge in [-0.25, -0.2) is 0 Å². The lowest BCUT2D eigenvalue weighted by Gasteiger charge is -2.11. The molecular weight excluding hydrogens is 351 g/mol. The molecule has 128 valence electrons. The Morgan fingerprint density at radius 2 is 2.00 bits per heavy atom. The van der Waals surface area contributed by atoms with Crippen molar-refractivity contribution in [2.24, 2.45) is 0 Å². The van der Waals surface area contributed by atoms with Crippen LogP contribution in [0.25, 0.3) is 11.3 Å². The summed E-state index contributed by atoms with van der Waals surface area (Å²) in [5.41, 5.74) is -0.622. The van der Waals surface area contributed by atoms with Crippen molar-refractivity contribution in [2.45, 2.75) is 12.6 Å². The van der Waals surface area contributed by atoms with Crippen LogP contribution in [0.1, 0.15) is 12.0 Å². The Kier molecular flexibility index (Phi) is 5.18. The minimum Gasteiger partial charge on any atom is -0.504 e. The van der Waals surface area contributed by atoms with E-state index < -0.39 is 17.7 Å². The zero-order chi connectivity index (χ0) is 17.9. The summed E-state index contributed by atoms with van der Waals surface area (Å²) >= 11 is 5.84. The molecule has 0 unspecified atom stereocenters. The van der Waals surface area contributed by atoms with E-state index >= 15 is 0 Å². The van der Waals surface area contributed by atoms with Crippen LogP contribution in [0.15, 0.2) is 30.5 Å². The molecule has 0 bridgehead atoms. The first-order valence-electron chi connectivity index (χ1n) is 6.59. The van der Waals surface area contributed by atoms with E-state index in [9.17, 15) is 23.1 Å². The average Bonchev–Trinajstić information content (AvgIpc) is 2.47. The summed E-state index contributed by atoms with van der Waals surface area (Å²) in [5, 5.41) is 18.2. The van der Waals surface area contributed by atoms with Crippen molar-refractivity contribution < 1.29 is 32.9 Å². The van der Waals surface area contributed by atoms with E-state index in [0.717, 1.165) is 6.07 Å². The molecule has 0 aliphatic rings. The van der Waals surface area contributed by atoms with Crippen molar-refractivity contribution in [3.63, 3.8) is 0 Å². The molecule has 0 aliphatic heterocycles. The first-order valence-corrected chi connectivity index (χ1v) is 6.97. The fraction of sp³-hybridized carbons (Fsp3) is 0.200. The number of carboxylic acid groups (broad SMARTS) is 1. The van der Waals surface area contributed by atoms with Crippen LogP contribution in [-0.4, -0.2) is 27.8 Å². The maximum absolute atomic E-state index is 12.6. The number of hydrogen-bond donors (Lipinski definition) is 2. The molecule has 1 aromatic heterocycles. The lowest BCUT2D eigenvalue weighted by molar-refractivity contribution is -0.138. The maximum atomic E-state index is 12.6. The van der Waals surface area contributed by atoms with Crippen molar-refractivity contribution in [3.8, 4) is 22.8 Å². The Bertz CT molecular complexity index is 765. The molecule has 0 saturated heterocycles. The van der Waals surface area contributed by atoms with E-state index in [1.165, 1.54) is 18.2 Å². The van der Waals surface area contributed by atoms with Gasteiger partial charge in [0.15, 0.2) is 11.5 Å². The highest BCUT2D eigenvalue weighted by Crippen LogP contribution is 2.36. The summed E-state index contributed by atoms with van der Waals surface area (Å²) in [6.07, 6.45) is -4.15. The van der Waals surface area contributed by atoms with E-state index in [-0.39, 0.29) is 40.8 Å². The number of phenolic OH excluding ortho intramolecular Hbond substituents is 1. The van der Waals surface area contributed by atoms with Gasteiger partial charge in [-0.05, 0) is 24.3 Å². The number of rotatable bonds is 5. The van der Waals surface area contributed by atoms with Gasteiger partial charge in [0.1, 0.15) is 0 Å². The van der Waals surface area contributed by atoms with Gasteiger partial charge in [-0.2, -0.15) is 13.2 Å². The van der Waals surface area contributed by atoms with E-state index in [1.807, 2.05) is 0 Å². The molecule has 9 heteroatoms. The summed E-state index contributed by atoms with van der Waals surface area (Å²) in [4.78, 5) is 14.1. The number of halogens is 4. The molecule has 1 heterocycles. The van der Waals surface area contributed by atoms with Crippen molar-refractivity contribution in [1.29, 1.82) is 0 Å². The second-order valence-electron chi connectivity index (χ2n) is 4.73. The number of benzene rings is 1. The van der Waals surface area contributed by atoms with Gasteiger partial charge in [-0.1, -0.05) is 11.6 Å². The molecular formula is C15H11ClF3NO4. The highest BCUT2D eigenvalue weighted by Gasteiger charge is 2.31. The lowest BCUT2D eigenvalue weighted by Crippen LogP contribution is -2.06. The number of hydrogen-bond acceptors (Lipinski definition) is 4. The lowest BCUT2D eigenvalue weighted by atomic mass is 10.1. The Hall–Kier alpha value is -2.48. The fourth-order valence-corrected chi connectivity index (χ4v) is 2.12. The first kappa shape index (κ1) is 17.9. The zero-order valence-electron chi connectivity index (χ0n) is 12.0. The minimum atomic E-state index is -4.56. The molecule has 0 fully saturated rings. The predicted molar refractivity (Wildman–Crippen MR) is 79.1 cm³/mol. The summed E-state index contributed by atoms with van der Waals surface area (Å²) in [7, 11) is 0. The summed E-state index contributed by atoms with van der Waals surface area (Å²) in [6, 6.07) is 4.76. The molecule has 0 saturated carbocycles. The number of aromatic hydroxyl groups is 1. The number of nitrogens with zero attached hydrogens (tertiary/aromatic N) is 1.